The number of sulfone groups is 1. The Labute approximate surface area is 113 Å². The number of carbonyl (C=O) groups is 1. The molecule has 0 atom stereocenters. The molecule has 1 aromatic heterocycles. The molecule has 0 aliphatic heterocycles. The normalized spacial score (nSPS) is 12.1. The monoisotopic (exact) mass is 289 g/mol. The van der Waals surface area contributed by atoms with Crippen LogP contribution < -0.4 is 0 Å². The molecule has 0 unspecified atom stereocenters. The van der Waals surface area contributed by atoms with Gasteiger partial charge in [-0.05, 0) is 27.0 Å². The highest BCUT2D eigenvalue weighted by Gasteiger charge is 2.15. The Hall–Kier alpha value is -0.720. The summed E-state index contributed by atoms with van der Waals surface area (Å²) < 4.78 is 22.1. The van der Waals surface area contributed by atoms with E-state index in [4.69, 9.17) is 0 Å². The number of likely N-dealkylation sites (N-methyl/N-ethyl adjacent to an activating group) is 1. The lowest BCUT2D eigenvalue weighted by Crippen LogP contribution is -2.30. The first-order valence-corrected chi connectivity index (χ1v) is 8.53. The van der Waals surface area contributed by atoms with Gasteiger partial charge in [-0.25, -0.2) is 8.42 Å². The van der Waals surface area contributed by atoms with E-state index in [1.165, 1.54) is 6.26 Å². The lowest BCUT2D eigenvalue weighted by atomic mass is 10.1. The minimum Gasteiger partial charge on any atom is -0.298 e. The van der Waals surface area contributed by atoms with E-state index in [1.54, 1.807) is 23.3 Å². The molecule has 102 valence electrons. The number of rotatable bonds is 6. The second-order valence-electron chi connectivity index (χ2n) is 4.62. The molecular formula is C12H19NO3S2. The number of nitrogens with zero attached hydrogens (tertiary/aromatic N) is 1. The van der Waals surface area contributed by atoms with Crippen LogP contribution in [0, 0.1) is 13.8 Å². The second-order valence-corrected chi connectivity index (χ2v) is 8.34. The molecule has 0 radical (unpaired) electrons. The molecule has 0 N–H and O–H groups in total. The number of hydrogen-bond donors (Lipinski definition) is 0. The van der Waals surface area contributed by atoms with Crippen molar-refractivity contribution in [1.29, 1.82) is 0 Å². The quantitative estimate of drug-likeness (QED) is 0.745. The van der Waals surface area contributed by atoms with Gasteiger partial charge < -0.3 is 0 Å². The van der Waals surface area contributed by atoms with Crippen molar-refractivity contribution < 1.29 is 13.2 Å². The maximum absolute atomic E-state index is 12.0. The fourth-order valence-electron chi connectivity index (χ4n) is 1.64. The highest BCUT2D eigenvalue weighted by atomic mass is 32.2. The number of Topliss-reactive ketones (excluding diaryl/α,β-unsaturated/α-hetero) is 1. The number of hydrogen-bond acceptors (Lipinski definition) is 5. The molecule has 0 aliphatic carbocycles. The van der Waals surface area contributed by atoms with E-state index in [9.17, 15) is 13.2 Å². The molecule has 0 saturated carbocycles. The largest absolute Gasteiger partial charge is 0.298 e. The van der Waals surface area contributed by atoms with Gasteiger partial charge in [-0.15, -0.1) is 11.3 Å². The fraction of sp³-hybridized carbons (Fsp3) is 0.583. The summed E-state index contributed by atoms with van der Waals surface area (Å²) >= 11 is 1.61. The Morgan fingerprint density at radius 1 is 1.39 bits per heavy atom. The van der Waals surface area contributed by atoms with Crippen LogP contribution in [-0.2, 0) is 9.84 Å². The Kier molecular flexibility index (Phi) is 5.07. The molecule has 0 saturated heterocycles. The molecule has 1 heterocycles. The molecule has 0 spiro atoms. The zero-order valence-corrected chi connectivity index (χ0v) is 12.8. The van der Waals surface area contributed by atoms with Crippen LogP contribution in [-0.4, -0.2) is 51.2 Å². The maximum atomic E-state index is 12.0. The minimum absolute atomic E-state index is 0.0489. The predicted octanol–water partition coefficient (Wildman–Crippen LogP) is 1.52. The predicted molar refractivity (Wildman–Crippen MR) is 75.3 cm³/mol. The first-order chi connectivity index (χ1) is 8.19. The summed E-state index contributed by atoms with van der Waals surface area (Å²) in [5.41, 5.74) is 0.753. The van der Waals surface area contributed by atoms with Crippen LogP contribution in [0.3, 0.4) is 0 Å². The highest BCUT2D eigenvalue weighted by molar-refractivity contribution is 7.90. The summed E-state index contributed by atoms with van der Waals surface area (Å²) in [7, 11) is -1.21. The average molecular weight is 289 g/mol. The molecule has 1 rings (SSSR count). The topological polar surface area (TPSA) is 54.5 Å². The van der Waals surface area contributed by atoms with Crippen LogP contribution in [0.2, 0.25) is 0 Å². The van der Waals surface area contributed by atoms with Crippen LogP contribution in [0.5, 0.6) is 0 Å². The van der Waals surface area contributed by atoms with Crippen molar-refractivity contribution >= 4 is 27.0 Å². The van der Waals surface area contributed by atoms with E-state index >= 15 is 0 Å². The Bertz CT molecular complexity index is 532. The Morgan fingerprint density at radius 3 is 2.44 bits per heavy atom. The lowest BCUT2D eigenvalue weighted by Gasteiger charge is -2.14. The van der Waals surface area contributed by atoms with Crippen molar-refractivity contribution in [3.63, 3.8) is 0 Å². The van der Waals surface area contributed by atoms with Crippen LogP contribution in [0.25, 0.3) is 0 Å². The van der Waals surface area contributed by atoms with E-state index in [2.05, 4.69) is 0 Å². The fourth-order valence-corrected chi connectivity index (χ4v) is 3.22. The number of thiophene rings is 1. The van der Waals surface area contributed by atoms with Gasteiger partial charge >= 0.3 is 0 Å². The third-order valence-electron chi connectivity index (χ3n) is 2.60. The Morgan fingerprint density at radius 2 is 2.00 bits per heavy atom. The summed E-state index contributed by atoms with van der Waals surface area (Å²) in [6.45, 7) is 4.54. The molecule has 6 heteroatoms. The molecule has 0 aliphatic rings. The Balaban J connectivity index is 2.57. The maximum Gasteiger partial charge on any atom is 0.177 e. The first-order valence-electron chi connectivity index (χ1n) is 5.65. The summed E-state index contributed by atoms with van der Waals surface area (Å²) in [5.74, 6) is 0.131. The van der Waals surface area contributed by atoms with Crippen molar-refractivity contribution in [3.05, 3.63) is 21.4 Å². The third kappa shape index (κ3) is 4.88. The van der Waals surface area contributed by atoms with E-state index < -0.39 is 9.84 Å². The second kappa shape index (κ2) is 5.95. The van der Waals surface area contributed by atoms with E-state index in [-0.39, 0.29) is 18.1 Å². The van der Waals surface area contributed by atoms with Gasteiger partial charge in [-0.1, -0.05) is 0 Å². The molecule has 0 aromatic carbocycles. The number of aryl methyl sites for hydroxylation is 2. The van der Waals surface area contributed by atoms with Gasteiger partial charge in [0.15, 0.2) is 5.78 Å². The third-order valence-corrected chi connectivity index (χ3v) is 4.49. The van der Waals surface area contributed by atoms with Gasteiger partial charge in [0.25, 0.3) is 0 Å². The summed E-state index contributed by atoms with van der Waals surface area (Å²) in [4.78, 5) is 15.9. The molecule has 1 aromatic rings. The molecule has 18 heavy (non-hydrogen) atoms. The van der Waals surface area contributed by atoms with Crippen molar-refractivity contribution in [3.8, 4) is 0 Å². The summed E-state index contributed by atoms with van der Waals surface area (Å²) in [6, 6.07) is 1.90. The van der Waals surface area contributed by atoms with Crippen molar-refractivity contribution in [1.82, 2.24) is 4.90 Å². The van der Waals surface area contributed by atoms with Crippen molar-refractivity contribution in [2.24, 2.45) is 0 Å². The molecule has 0 amide bonds. The molecule has 4 nitrogen and oxygen atoms in total. The van der Waals surface area contributed by atoms with Crippen LogP contribution >= 0.6 is 11.3 Å². The summed E-state index contributed by atoms with van der Waals surface area (Å²) in [5, 5.41) is 0. The first kappa shape index (κ1) is 15.3. The number of carbonyl (C=O) groups excluding carboxylic acids is 1. The standard InChI is InChI=1S/C12H19NO3S2/c1-9-7-11(10(2)17-9)12(14)8-13(3)5-6-18(4,15)16/h7H,5-6,8H2,1-4H3. The smallest absolute Gasteiger partial charge is 0.177 e. The zero-order chi connectivity index (χ0) is 13.9. The summed E-state index contributed by atoms with van der Waals surface area (Å²) in [6.07, 6.45) is 1.20. The number of ketones is 1. The lowest BCUT2D eigenvalue weighted by molar-refractivity contribution is 0.0949. The van der Waals surface area contributed by atoms with E-state index in [1.807, 2.05) is 19.9 Å². The molecular weight excluding hydrogens is 270 g/mol. The SMILES string of the molecule is Cc1cc(C(=O)CN(C)CCS(C)(=O)=O)c(C)s1. The van der Waals surface area contributed by atoms with E-state index in [0.29, 0.717) is 6.54 Å². The zero-order valence-electron chi connectivity index (χ0n) is 11.2. The minimum atomic E-state index is -2.97. The van der Waals surface area contributed by atoms with Crippen LogP contribution in [0.15, 0.2) is 6.07 Å². The van der Waals surface area contributed by atoms with Crippen molar-refractivity contribution in [2.45, 2.75) is 13.8 Å². The van der Waals surface area contributed by atoms with Gasteiger partial charge in [0.2, 0.25) is 0 Å². The van der Waals surface area contributed by atoms with Crippen LogP contribution in [0.1, 0.15) is 20.1 Å². The molecule has 0 bridgehead atoms. The van der Waals surface area contributed by atoms with Crippen molar-refractivity contribution in [2.75, 3.05) is 32.1 Å². The van der Waals surface area contributed by atoms with Gasteiger partial charge in [-0.2, -0.15) is 0 Å². The van der Waals surface area contributed by atoms with Gasteiger partial charge in [0, 0.05) is 28.1 Å². The van der Waals surface area contributed by atoms with Gasteiger partial charge in [0.05, 0.1) is 12.3 Å². The highest BCUT2D eigenvalue weighted by Crippen LogP contribution is 2.21. The molecule has 0 fully saturated rings. The van der Waals surface area contributed by atoms with Gasteiger partial charge in [-0.3, -0.25) is 9.69 Å². The van der Waals surface area contributed by atoms with Gasteiger partial charge in [0.1, 0.15) is 9.84 Å². The average Bonchev–Trinajstić information content (AvgIpc) is 2.54. The van der Waals surface area contributed by atoms with E-state index in [0.717, 1.165) is 15.3 Å². The van der Waals surface area contributed by atoms with Crippen LogP contribution in [0.4, 0.5) is 0 Å².